The van der Waals surface area contributed by atoms with Gasteiger partial charge in [-0.1, -0.05) is 37.5 Å². The molecule has 0 aromatic heterocycles. The molecule has 0 atom stereocenters. The minimum absolute atomic E-state index is 0.0908. The number of anilines is 1. The van der Waals surface area contributed by atoms with Crippen molar-refractivity contribution in [2.24, 2.45) is 0 Å². The van der Waals surface area contributed by atoms with Crippen molar-refractivity contribution in [3.8, 4) is 11.5 Å². The zero-order valence-corrected chi connectivity index (χ0v) is 19.8. The first-order chi connectivity index (χ1) is 15.4. The smallest absolute Gasteiger partial charge is 0.247 e. The first kappa shape index (κ1) is 24.1. The lowest BCUT2D eigenvalue weighted by molar-refractivity contribution is -0.116. The predicted molar refractivity (Wildman–Crippen MR) is 125 cm³/mol. The highest BCUT2D eigenvalue weighted by Gasteiger charge is 2.36. The SMILES string of the molecule is CCOc1ccccc1NC(=O)CN(C1CCCCC1)S(=O)(=O)c1cc(C)ccc1OC. The lowest BCUT2D eigenvalue weighted by atomic mass is 9.95. The average Bonchev–Trinajstić information content (AvgIpc) is 2.79. The van der Waals surface area contributed by atoms with Gasteiger partial charge < -0.3 is 14.8 Å². The van der Waals surface area contributed by atoms with Gasteiger partial charge in [-0.05, 0) is 56.5 Å². The van der Waals surface area contributed by atoms with E-state index < -0.39 is 15.9 Å². The van der Waals surface area contributed by atoms with Crippen LogP contribution in [0.5, 0.6) is 11.5 Å². The summed E-state index contributed by atoms with van der Waals surface area (Å²) in [4.78, 5) is 13.1. The van der Waals surface area contributed by atoms with E-state index >= 15 is 0 Å². The van der Waals surface area contributed by atoms with E-state index in [0.29, 0.717) is 18.0 Å². The van der Waals surface area contributed by atoms with E-state index in [0.717, 1.165) is 37.7 Å². The normalized spacial score (nSPS) is 14.9. The van der Waals surface area contributed by atoms with Crippen LogP contribution >= 0.6 is 0 Å². The zero-order valence-electron chi connectivity index (χ0n) is 19.0. The molecule has 1 saturated carbocycles. The molecule has 2 aromatic carbocycles. The number of aryl methyl sites for hydroxylation is 1. The summed E-state index contributed by atoms with van der Waals surface area (Å²) in [5.74, 6) is 0.423. The molecule has 32 heavy (non-hydrogen) atoms. The third kappa shape index (κ3) is 5.61. The lowest BCUT2D eigenvalue weighted by Crippen LogP contribution is -2.45. The second-order valence-electron chi connectivity index (χ2n) is 7.97. The number of amides is 1. The van der Waals surface area contributed by atoms with Crippen molar-refractivity contribution in [2.75, 3.05) is 25.6 Å². The van der Waals surface area contributed by atoms with Crippen LogP contribution < -0.4 is 14.8 Å². The first-order valence-electron chi connectivity index (χ1n) is 11.0. The molecule has 1 aliphatic rings. The van der Waals surface area contributed by atoms with Crippen LogP contribution in [-0.2, 0) is 14.8 Å². The third-order valence-electron chi connectivity index (χ3n) is 5.65. The molecule has 0 unspecified atom stereocenters. The van der Waals surface area contributed by atoms with Gasteiger partial charge in [-0.2, -0.15) is 4.31 Å². The Balaban J connectivity index is 1.92. The summed E-state index contributed by atoms with van der Waals surface area (Å²) in [6.45, 7) is 3.89. The molecule has 1 N–H and O–H groups in total. The van der Waals surface area contributed by atoms with E-state index in [1.807, 2.05) is 19.9 Å². The van der Waals surface area contributed by atoms with E-state index in [9.17, 15) is 13.2 Å². The van der Waals surface area contributed by atoms with Crippen molar-refractivity contribution in [3.05, 3.63) is 48.0 Å². The van der Waals surface area contributed by atoms with Crippen LogP contribution in [0.2, 0.25) is 0 Å². The molecule has 0 saturated heterocycles. The number of nitrogens with one attached hydrogen (secondary N) is 1. The number of hydrogen-bond donors (Lipinski definition) is 1. The van der Waals surface area contributed by atoms with Gasteiger partial charge in [0, 0.05) is 6.04 Å². The molecule has 0 bridgehead atoms. The van der Waals surface area contributed by atoms with Gasteiger partial charge in [0.1, 0.15) is 16.4 Å². The Bertz CT molecular complexity index is 1030. The standard InChI is InChI=1S/C24H32N2O5S/c1-4-31-21-13-9-8-12-20(21)25-24(27)17-26(19-10-6-5-7-11-19)32(28,29)23-16-18(2)14-15-22(23)30-3/h8-9,12-16,19H,4-7,10-11,17H2,1-3H3,(H,25,27). The molecule has 174 valence electrons. The van der Waals surface area contributed by atoms with Crippen LogP contribution in [0.4, 0.5) is 5.69 Å². The Morgan fingerprint density at radius 2 is 1.81 bits per heavy atom. The lowest BCUT2D eigenvalue weighted by Gasteiger charge is -2.33. The number of sulfonamides is 1. The van der Waals surface area contributed by atoms with Gasteiger partial charge in [0.15, 0.2) is 0 Å². The Labute approximate surface area is 190 Å². The Morgan fingerprint density at radius 1 is 1.09 bits per heavy atom. The minimum Gasteiger partial charge on any atom is -0.495 e. The van der Waals surface area contributed by atoms with Gasteiger partial charge in [-0.15, -0.1) is 0 Å². The molecule has 8 heteroatoms. The van der Waals surface area contributed by atoms with E-state index in [2.05, 4.69) is 5.32 Å². The second-order valence-corrected chi connectivity index (χ2v) is 9.83. The summed E-state index contributed by atoms with van der Waals surface area (Å²) in [5.41, 5.74) is 1.33. The van der Waals surface area contributed by atoms with Crippen LogP contribution in [0.3, 0.4) is 0 Å². The van der Waals surface area contributed by atoms with E-state index in [-0.39, 0.29) is 23.2 Å². The number of ether oxygens (including phenoxy) is 2. The molecule has 0 radical (unpaired) electrons. The maximum absolute atomic E-state index is 13.8. The third-order valence-corrected chi connectivity index (χ3v) is 7.57. The molecule has 1 aliphatic carbocycles. The monoisotopic (exact) mass is 460 g/mol. The molecule has 0 heterocycles. The maximum Gasteiger partial charge on any atom is 0.247 e. The Kier molecular flexibility index (Phi) is 8.15. The summed E-state index contributed by atoms with van der Waals surface area (Å²) in [6, 6.07) is 12.0. The first-order valence-corrected chi connectivity index (χ1v) is 12.5. The molecular weight excluding hydrogens is 428 g/mol. The van der Waals surface area contributed by atoms with Crippen molar-refractivity contribution in [2.45, 2.75) is 56.9 Å². The van der Waals surface area contributed by atoms with Gasteiger partial charge in [0.25, 0.3) is 0 Å². The fourth-order valence-corrected chi connectivity index (χ4v) is 5.96. The predicted octanol–water partition coefficient (Wildman–Crippen LogP) is 4.36. The fraction of sp³-hybridized carbons (Fsp3) is 0.458. The zero-order chi connectivity index (χ0) is 23.1. The summed E-state index contributed by atoms with van der Waals surface area (Å²) in [7, 11) is -2.51. The van der Waals surface area contributed by atoms with Gasteiger partial charge >= 0.3 is 0 Å². The van der Waals surface area contributed by atoms with Crippen LogP contribution in [0.1, 0.15) is 44.6 Å². The van der Waals surface area contributed by atoms with Crippen molar-refractivity contribution in [3.63, 3.8) is 0 Å². The van der Waals surface area contributed by atoms with Crippen LogP contribution in [0, 0.1) is 6.92 Å². The van der Waals surface area contributed by atoms with Crippen LogP contribution in [0.15, 0.2) is 47.4 Å². The maximum atomic E-state index is 13.8. The summed E-state index contributed by atoms with van der Waals surface area (Å²) >= 11 is 0. The summed E-state index contributed by atoms with van der Waals surface area (Å²) in [5, 5.41) is 2.83. The molecule has 7 nitrogen and oxygen atoms in total. The number of nitrogens with zero attached hydrogens (tertiary/aromatic N) is 1. The molecule has 2 aromatic rings. The fourth-order valence-electron chi connectivity index (χ4n) is 4.07. The molecule has 3 rings (SSSR count). The van der Waals surface area contributed by atoms with Gasteiger partial charge in [-0.3, -0.25) is 4.79 Å². The second kappa shape index (κ2) is 10.8. The van der Waals surface area contributed by atoms with E-state index in [4.69, 9.17) is 9.47 Å². The number of carbonyl (C=O) groups excluding carboxylic acids is 1. The molecule has 1 fully saturated rings. The molecule has 0 aliphatic heterocycles. The van der Waals surface area contributed by atoms with Crippen LogP contribution in [0.25, 0.3) is 0 Å². The van der Waals surface area contributed by atoms with Gasteiger partial charge in [0.2, 0.25) is 15.9 Å². The van der Waals surface area contributed by atoms with Crippen molar-refractivity contribution in [1.29, 1.82) is 0 Å². The number of para-hydroxylation sites is 2. The number of benzene rings is 2. The van der Waals surface area contributed by atoms with Gasteiger partial charge in [0.05, 0.1) is 25.9 Å². The summed E-state index contributed by atoms with van der Waals surface area (Å²) < 4.78 is 39.8. The topological polar surface area (TPSA) is 84.9 Å². The van der Waals surface area contributed by atoms with E-state index in [1.54, 1.807) is 36.4 Å². The summed E-state index contributed by atoms with van der Waals surface area (Å²) in [6.07, 6.45) is 4.42. The largest absolute Gasteiger partial charge is 0.495 e. The Hall–Kier alpha value is -2.58. The highest BCUT2D eigenvalue weighted by Crippen LogP contribution is 2.33. The van der Waals surface area contributed by atoms with Crippen molar-refractivity contribution >= 4 is 21.6 Å². The van der Waals surface area contributed by atoms with Crippen molar-refractivity contribution in [1.82, 2.24) is 4.31 Å². The molecule has 1 amide bonds. The molecular formula is C24H32N2O5S. The minimum atomic E-state index is -3.96. The number of rotatable bonds is 9. The van der Waals surface area contributed by atoms with Gasteiger partial charge in [-0.25, -0.2) is 8.42 Å². The molecule has 0 spiro atoms. The Morgan fingerprint density at radius 3 is 2.50 bits per heavy atom. The highest BCUT2D eigenvalue weighted by molar-refractivity contribution is 7.89. The van der Waals surface area contributed by atoms with Crippen LogP contribution in [-0.4, -0.2) is 44.9 Å². The average molecular weight is 461 g/mol. The highest BCUT2D eigenvalue weighted by atomic mass is 32.2. The number of methoxy groups -OCH3 is 1. The number of hydrogen-bond acceptors (Lipinski definition) is 5. The van der Waals surface area contributed by atoms with Crippen molar-refractivity contribution < 1.29 is 22.7 Å². The quantitative estimate of drug-likeness (QED) is 0.601. The number of carbonyl (C=O) groups is 1. The van der Waals surface area contributed by atoms with E-state index in [1.165, 1.54) is 11.4 Å².